The van der Waals surface area contributed by atoms with Crippen LogP contribution in [0.2, 0.25) is 0 Å². The molecule has 0 aliphatic rings. The summed E-state index contributed by atoms with van der Waals surface area (Å²) in [5, 5.41) is 0. The van der Waals surface area contributed by atoms with Crippen LogP contribution in [0.25, 0.3) is 0 Å². The van der Waals surface area contributed by atoms with Gasteiger partial charge in [0.15, 0.2) is 0 Å². The number of carbonyl (C=O) groups is 2. The zero-order chi connectivity index (χ0) is 14.3. The minimum Gasteiger partial charge on any atom is -0.383 e. The molecule has 18 heavy (non-hydrogen) atoms. The SMILES string of the molecule is COCC(COP(OC)N(C)C)(C(C)=O)C(C)=O. The maximum atomic E-state index is 11.7. The lowest BCUT2D eigenvalue weighted by Crippen LogP contribution is -2.44. The smallest absolute Gasteiger partial charge is 0.257 e. The van der Waals surface area contributed by atoms with Gasteiger partial charge in [-0.15, -0.1) is 0 Å². The van der Waals surface area contributed by atoms with E-state index in [-0.39, 0.29) is 24.8 Å². The Morgan fingerprint density at radius 2 is 1.61 bits per heavy atom. The van der Waals surface area contributed by atoms with Crippen molar-refractivity contribution in [3.8, 4) is 0 Å². The Morgan fingerprint density at radius 3 is 1.89 bits per heavy atom. The molecule has 106 valence electrons. The van der Waals surface area contributed by atoms with Crippen LogP contribution in [0.15, 0.2) is 0 Å². The van der Waals surface area contributed by atoms with Gasteiger partial charge in [-0.05, 0) is 27.9 Å². The van der Waals surface area contributed by atoms with Gasteiger partial charge >= 0.3 is 0 Å². The third-order valence-corrected chi connectivity index (χ3v) is 3.96. The van der Waals surface area contributed by atoms with Gasteiger partial charge in [0.1, 0.15) is 17.0 Å². The zero-order valence-electron chi connectivity index (χ0n) is 11.8. The van der Waals surface area contributed by atoms with Crippen molar-refractivity contribution in [1.82, 2.24) is 4.67 Å². The van der Waals surface area contributed by atoms with Crippen molar-refractivity contribution >= 4 is 20.1 Å². The molecule has 0 rings (SSSR count). The summed E-state index contributed by atoms with van der Waals surface area (Å²) >= 11 is 0. The number of hydrogen-bond donors (Lipinski definition) is 0. The fourth-order valence-electron chi connectivity index (χ4n) is 1.44. The molecule has 0 aliphatic carbocycles. The molecule has 0 N–H and O–H groups in total. The summed E-state index contributed by atoms with van der Waals surface area (Å²) in [4.78, 5) is 23.5. The van der Waals surface area contributed by atoms with Crippen LogP contribution in [-0.2, 0) is 23.4 Å². The van der Waals surface area contributed by atoms with Gasteiger partial charge < -0.3 is 13.8 Å². The van der Waals surface area contributed by atoms with Gasteiger partial charge in [0.05, 0.1) is 13.2 Å². The van der Waals surface area contributed by atoms with E-state index < -0.39 is 13.9 Å². The number of ether oxygens (including phenoxy) is 1. The van der Waals surface area contributed by atoms with E-state index in [1.54, 1.807) is 18.8 Å². The second-order valence-electron chi connectivity index (χ2n) is 4.17. The first-order valence-corrected chi connectivity index (χ1v) is 6.60. The molecule has 1 atom stereocenters. The number of methoxy groups -OCH3 is 1. The van der Waals surface area contributed by atoms with E-state index in [9.17, 15) is 9.59 Å². The van der Waals surface area contributed by atoms with Crippen molar-refractivity contribution in [3.05, 3.63) is 0 Å². The summed E-state index contributed by atoms with van der Waals surface area (Å²) in [6, 6.07) is 0. The maximum Gasteiger partial charge on any atom is 0.257 e. The highest BCUT2D eigenvalue weighted by Gasteiger charge is 2.42. The molecule has 0 saturated carbocycles. The van der Waals surface area contributed by atoms with Crippen LogP contribution in [0, 0.1) is 5.41 Å². The molecule has 6 nitrogen and oxygen atoms in total. The molecule has 0 aromatic rings. The average Bonchev–Trinajstić information content (AvgIpc) is 2.26. The van der Waals surface area contributed by atoms with Gasteiger partial charge in [-0.1, -0.05) is 0 Å². The molecule has 1 unspecified atom stereocenters. The summed E-state index contributed by atoms with van der Waals surface area (Å²) in [7, 11) is 5.30. The molecule has 0 radical (unpaired) electrons. The van der Waals surface area contributed by atoms with Crippen LogP contribution >= 0.6 is 8.53 Å². The van der Waals surface area contributed by atoms with Gasteiger partial charge in [-0.3, -0.25) is 9.59 Å². The van der Waals surface area contributed by atoms with Crippen molar-refractivity contribution in [3.63, 3.8) is 0 Å². The first kappa shape index (κ1) is 17.6. The predicted octanol–water partition coefficient (Wildman–Crippen LogP) is 1.25. The number of Topliss-reactive ketones (excluding diaryl/α,β-unsaturated/α-hetero) is 2. The molecule has 0 spiro atoms. The molecule has 0 amide bonds. The van der Waals surface area contributed by atoms with Crippen LogP contribution in [0.1, 0.15) is 13.8 Å². The Kier molecular flexibility index (Phi) is 7.75. The molecule has 0 bridgehead atoms. The van der Waals surface area contributed by atoms with Crippen LogP contribution in [0.4, 0.5) is 0 Å². The predicted molar refractivity (Wildman–Crippen MR) is 69.2 cm³/mol. The van der Waals surface area contributed by atoms with Crippen LogP contribution in [-0.4, -0.2) is 57.8 Å². The van der Waals surface area contributed by atoms with Gasteiger partial charge in [-0.2, -0.15) is 0 Å². The molecule has 0 heterocycles. The lowest BCUT2D eigenvalue weighted by molar-refractivity contribution is -0.144. The van der Waals surface area contributed by atoms with Gasteiger partial charge in [0.2, 0.25) is 0 Å². The standard InChI is InChI=1S/C11H22NO5P/c1-9(13)11(7-15-5,10(2)14)8-17-18(16-6)12(3)4/h7-8H2,1-6H3. The minimum absolute atomic E-state index is 0.0119. The summed E-state index contributed by atoms with van der Waals surface area (Å²) in [6.07, 6.45) is 0. The first-order chi connectivity index (χ1) is 8.31. The van der Waals surface area contributed by atoms with Crippen LogP contribution < -0.4 is 0 Å². The zero-order valence-corrected chi connectivity index (χ0v) is 12.7. The van der Waals surface area contributed by atoms with Gasteiger partial charge in [-0.25, -0.2) is 4.67 Å². The van der Waals surface area contributed by atoms with Crippen molar-refractivity contribution in [1.29, 1.82) is 0 Å². The Morgan fingerprint density at radius 1 is 1.11 bits per heavy atom. The quantitative estimate of drug-likeness (QED) is 0.467. The topological polar surface area (TPSA) is 65.1 Å². The van der Waals surface area contributed by atoms with E-state index in [1.165, 1.54) is 28.1 Å². The molecular weight excluding hydrogens is 257 g/mol. The van der Waals surface area contributed by atoms with Crippen LogP contribution in [0.5, 0.6) is 0 Å². The number of nitrogens with zero attached hydrogens (tertiary/aromatic N) is 1. The van der Waals surface area contributed by atoms with Gasteiger partial charge in [0.25, 0.3) is 8.53 Å². The highest BCUT2D eigenvalue weighted by atomic mass is 31.2. The Hall–Kier alpha value is -0.390. The number of carbonyl (C=O) groups excluding carboxylic acids is 2. The van der Waals surface area contributed by atoms with E-state index in [0.717, 1.165) is 0 Å². The fraction of sp³-hybridized carbons (Fsp3) is 0.818. The summed E-state index contributed by atoms with van der Waals surface area (Å²) in [6.45, 7) is 2.71. The second kappa shape index (κ2) is 7.92. The van der Waals surface area contributed by atoms with Crippen molar-refractivity contribution in [2.75, 3.05) is 41.5 Å². The maximum absolute atomic E-state index is 11.7. The van der Waals surface area contributed by atoms with Crippen molar-refractivity contribution in [2.24, 2.45) is 5.41 Å². The first-order valence-electron chi connectivity index (χ1n) is 5.47. The molecule has 7 heteroatoms. The van der Waals surface area contributed by atoms with E-state index in [0.29, 0.717) is 0 Å². The molecule has 0 fully saturated rings. The average molecular weight is 279 g/mol. The molecular formula is C11H22NO5P. The summed E-state index contributed by atoms with van der Waals surface area (Å²) in [5.41, 5.74) is -1.25. The lowest BCUT2D eigenvalue weighted by atomic mass is 9.82. The Labute approximate surface area is 110 Å². The number of hydrogen-bond acceptors (Lipinski definition) is 6. The fourth-order valence-corrected chi connectivity index (χ4v) is 2.43. The van der Waals surface area contributed by atoms with E-state index >= 15 is 0 Å². The molecule has 0 saturated heterocycles. The van der Waals surface area contributed by atoms with E-state index in [4.69, 9.17) is 13.8 Å². The summed E-state index contributed by atoms with van der Waals surface area (Å²) in [5.74, 6) is -0.525. The highest BCUT2D eigenvalue weighted by Crippen LogP contribution is 2.41. The largest absolute Gasteiger partial charge is 0.383 e. The van der Waals surface area contributed by atoms with Gasteiger partial charge in [0, 0.05) is 14.2 Å². The normalized spacial score (nSPS) is 13.7. The van der Waals surface area contributed by atoms with E-state index in [1.807, 2.05) is 0 Å². The minimum atomic E-state index is -1.27. The molecule has 0 aromatic heterocycles. The number of rotatable bonds is 9. The van der Waals surface area contributed by atoms with Crippen LogP contribution in [0.3, 0.4) is 0 Å². The Bertz CT molecular complexity index is 281. The number of ketones is 2. The third kappa shape index (κ3) is 4.37. The lowest BCUT2D eigenvalue weighted by Gasteiger charge is -2.30. The van der Waals surface area contributed by atoms with Crippen molar-refractivity contribution in [2.45, 2.75) is 13.8 Å². The van der Waals surface area contributed by atoms with E-state index in [2.05, 4.69) is 0 Å². The molecule has 0 aromatic carbocycles. The van der Waals surface area contributed by atoms with Crippen molar-refractivity contribution < 1.29 is 23.4 Å². The highest BCUT2D eigenvalue weighted by molar-refractivity contribution is 7.44. The third-order valence-electron chi connectivity index (χ3n) is 2.64. The second-order valence-corrected chi connectivity index (χ2v) is 6.07. The molecule has 0 aliphatic heterocycles. The monoisotopic (exact) mass is 279 g/mol. The summed E-state index contributed by atoms with van der Waals surface area (Å²) < 4.78 is 17.4. The Balaban J connectivity index is 4.89.